The van der Waals surface area contributed by atoms with Crippen molar-refractivity contribution in [3.05, 3.63) is 29.3 Å². The Morgan fingerprint density at radius 3 is 1.49 bits per heavy atom. The van der Waals surface area contributed by atoms with Crippen molar-refractivity contribution in [1.29, 1.82) is 0 Å². The molecule has 1 rings (SSSR count). The Labute approximate surface area is 231 Å². The fourth-order valence-corrected chi connectivity index (χ4v) is 6.68. The van der Waals surface area contributed by atoms with Gasteiger partial charge in [0.05, 0.1) is 6.61 Å². The van der Waals surface area contributed by atoms with Crippen molar-refractivity contribution in [3.8, 4) is 0 Å². The molecule has 2 N–H and O–H groups in total. The summed E-state index contributed by atoms with van der Waals surface area (Å²) in [7, 11) is -3.55. The Balaban J connectivity index is 2.68. The van der Waals surface area contributed by atoms with Crippen molar-refractivity contribution >= 4 is 13.2 Å². The van der Waals surface area contributed by atoms with Gasteiger partial charge in [-0.1, -0.05) is 148 Å². The van der Waals surface area contributed by atoms with Gasteiger partial charge in [-0.05, 0) is 43.7 Å². The van der Waals surface area contributed by atoms with Gasteiger partial charge in [-0.15, -0.1) is 0 Å². The molecule has 216 valence electrons. The molecule has 0 unspecified atom stereocenters. The van der Waals surface area contributed by atoms with Crippen LogP contribution in [0.2, 0.25) is 0 Å². The molecule has 0 aliphatic carbocycles. The number of unbranched alkanes of at least 4 members (excludes halogenated alkanes) is 18. The van der Waals surface area contributed by atoms with Crippen molar-refractivity contribution in [2.45, 2.75) is 168 Å². The van der Waals surface area contributed by atoms with E-state index in [0.29, 0.717) is 11.9 Å². The summed E-state index contributed by atoms with van der Waals surface area (Å²) in [5, 5.41) is 0.682. The molecule has 0 atom stereocenters. The molecule has 4 heteroatoms. The Kier molecular flexibility index (Phi) is 21.9. The maximum Gasteiger partial charge on any atom is 0.443 e. The summed E-state index contributed by atoms with van der Waals surface area (Å²) < 4.78 is 5.81. The first kappa shape index (κ1) is 34.6. The van der Waals surface area contributed by atoms with E-state index in [9.17, 15) is 9.79 Å². The highest BCUT2D eigenvalue weighted by atomic mass is 31.2. The van der Waals surface area contributed by atoms with Gasteiger partial charge < -0.3 is 0 Å². The average Bonchev–Trinajstić information content (AvgIpc) is 2.89. The van der Waals surface area contributed by atoms with Gasteiger partial charge in [-0.25, -0.2) is 0 Å². The molecule has 0 saturated heterocycles. The first-order chi connectivity index (χ1) is 18.1. The summed E-state index contributed by atoms with van der Waals surface area (Å²) in [4.78, 5) is 22.2. The fourth-order valence-electron chi connectivity index (χ4n) is 5.27. The van der Waals surface area contributed by atoms with Crippen LogP contribution in [0.3, 0.4) is 0 Å². The third-order valence-electron chi connectivity index (χ3n) is 7.66. The minimum atomic E-state index is -3.55. The Bertz CT molecular complexity index is 646. The minimum absolute atomic E-state index is 0.438. The van der Waals surface area contributed by atoms with E-state index in [1.54, 1.807) is 0 Å². The molecule has 0 aromatic heterocycles. The molecular weight excluding hydrogens is 475 g/mol. The van der Waals surface area contributed by atoms with Crippen LogP contribution in [-0.2, 0) is 17.4 Å². The molecule has 0 saturated carbocycles. The smallest absolute Gasteiger partial charge is 0.188 e. The fraction of sp³-hybridized carbons (Fsp3) is 0.818. The predicted octanol–water partition coefficient (Wildman–Crippen LogP) is 10.4. The first-order valence-electron chi connectivity index (χ1n) is 16.2. The van der Waals surface area contributed by atoms with Gasteiger partial charge >= 0.3 is 7.94 Å². The first-order valence-corrected chi connectivity index (χ1v) is 17.8. The maximum absolute atomic E-state index is 11.1. The van der Waals surface area contributed by atoms with Crippen LogP contribution in [0, 0.1) is 0 Å². The standard InChI is InChI=1S/C33H62O3P/c1-4-7-10-13-16-19-22-26-31-27-25-29-33(32(31)28-23-20-17-14-11-8-5-2)37(34,35)36-30-24-21-18-15-12-9-6-3/h25,27,29,34-35H,4-24,26,28,30H2,1-3H3/q+1. The monoisotopic (exact) mass is 537 g/mol. The lowest BCUT2D eigenvalue weighted by Gasteiger charge is -2.18. The third-order valence-corrected chi connectivity index (χ3v) is 9.25. The van der Waals surface area contributed by atoms with Crippen molar-refractivity contribution in [3.63, 3.8) is 0 Å². The molecule has 0 heterocycles. The zero-order valence-corrected chi connectivity index (χ0v) is 25.8. The molecule has 0 amide bonds. The average molecular weight is 538 g/mol. The molecule has 0 bridgehead atoms. The quantitative estimate of drug-likeness (QED) is 0.0912. The molecule has 0 aliphatic rings. The molecule has 0 spiro atoms. The molecule has 1 aromatic rings. The van der Waals surface area contributed by atoms with Crippen LogP contribution in [-0.4, -0.2) is 16.4 Å². The number of hydrogen-bond donors (Lipinski definition) is 2. The van der Waals surface area contributed by atoms with Gasteiger partial charge in [0.1, 0.15) is 0 Å². The highest BCUT2D eigenvalue weighted by molar-refractivity contribution is 7.67. The molecule has 0 fully saturated rings. The topological polar surface area (TPSA) is 49.7 Å². The summed E-state index contributed by atoms with van der Waals surface area (Å²) in [6.45, 7) is 7.21. The summed E-state index contributed by atoms with van der Waals surface area (Å²) in [6, 6.07) is 6.15. The summed E-state index contributed by atoms with van der Waals surface area (Å²) in [5.74, 6) is 0. The van der Waals surface area contributed by atoms with Crippen LogP contribution >= 0.6 is 7.94 Å². The van der Waals surface area contributed by atoms with Crippen LogP contribution < -0.4 is 5.30 Å². The number of aryl methyl sites for hydroxylation is 1. The summed E-state index contributed by atoms with van der Waals surface area (Å²) >= 11 is 0. The van der Waals surface area contributed by atoms with Crippen LogP contribution in [0.4, 0.5) is 0 Å². The molecule has 37 heavy (non-hydrogen) atoms. The van der Waals surface area contributed by atoms with Gasteiger partial charge in [0.25, 0.3) is 0 Å². The van der Waals surface area contributed by atoms with Crippen LogP contribution in [0.1, 0.15) is 167 Å². The van der Waals surface area contributed by atoms with Crippen molar-refractivity contribution < 1.29 is 14.3 Å². The van der Waals surface area contributed by atoms with E-state index in [1.807, 2.05) is 12.1 Å². The highest BCUT2D eigenvalue weighted by Crippen LogP contribution is 2.51. The van der Waals surface area contributed by atoms with E-state index in [2.05, 4.69) is 26.8 Å². The van der Waals surface area contributed by atoms with Gasteiger partial charge in [0, 0.05) is 5.56 Å². The van der Waals surface area contributed by atoms with Crippen LogP contribution in [0.25, 0.3) is 0 Å². The van der Waals surface area contributed by atoms with Gasteiger partial charge in [-0.3, -0.25) is 0 Å². The highest BCUT2D eigenvalue weighted by Gasteiger charge is 2.42. The third kappa shape index (κ3) is 17.0. The summed E-state index contributed by atoms with van der Waals surface area (Å²) in [5.41, 5.74) is 2.48. The molecule has 1 aromatic carbocycles. The van der Waals surface area contributed by atoms with E-state index in [4.69, 9.17) is 4.52 Å². The van der Waals surface area contributed by atoms with Gasteiger partial charge in [-0.2, -0.15) is 14.3 Å². The predicted molar refractivity (Wildman–Crippen MR) is 165 cm³/mol. The van der Waals surface area contributed by atoms with Gasteiger partial charge in [0.15, 0.2) is 5.30 Å². The lowest BCUT2D eigenvalue weighted by atomic mass is 9.96. The second kappa shape index (κ2) is 23.4. The Morgan fingerprint density at radius 2 is 0.973 bits per heavy atom. The van der Waals surface area contributed by atoms with Crippen molar-refractivity contribution in [1.82, 2.24) is 0 Å². The SMILES string of the molecule is CCCCCCCCCO[P+](O)(O)c1cccc(CCCCCCCCC)c1CCCCCCCCC. The number of hydrogen-bond acceptors (Lipinski definition) is 3. The normalized spacial score (nSPS) is 11.9. The van der Waals surface area contributed by atoms with Crippen molar-refractivity contribution in [2.75, 3.05) is 6.61 Å². The second-order valence-electron chi connectivity index (χ2n) is 11.2. The van der Waals surface area contributed by atoms with Gasteiger partial charge in [0.2, 0.25) is 0 Å². The minimum Gasteiger partial charge on any atom is -0.188 e. The largest absolute Gasteiger partial charge is 0.443 e. The van der Waals surface area contributed by atoms with E-state index in [1.165, 1.54) is 127 Å². The number of benzene rings is 1. The molecule has 3 nitrogen and oxygen atoms in total. The van der Waals surface area contributed by atoms with Crippen molar-refractivity contribution in [2.24, 2.45) is 0 Å². The van der Waals surface area contributed by atoms with E-state index in [0.717, 1.165) is 32.1 Å². The molecule has 0 aliphatic heterocycles. The van der Waals surface area contributed by atoms with E-state index in [-0.39, 0.29) is 0 Å². The maximum atomic E-state index is 11.1. The second-order valence-corrected chi connectivity index (χ2v) is 13.0. The summed E-state index contributed by atoms with van der Waals surface area (Å²) in [6.07, 6.45) is 28.3. The lowest BCUT2D eigenvalue weighted by Crippen LogP contribution is -2.20. The number of rotatable bonds is 26. The van der Waals surface area contributed by atoms with E-state index >= 15 is 0 Å². The zero-order valence-electron chi connectivity index (χ0n) is 25.0. The zero-order chi connectivity index (χ0) is 27.0. The van der Waals surface area contributed by atoms with E-state index < -0.39 is 7.94 Å². The molecular formula is C33H62O3P+. The van der Waals surface area contributed by atoms with Crippen LogP contribution in [0.5, 0.6) is 0 Å². The Hall–Kier alpha value is -0.470. The molecule has 0 radical (unpaired) electrons. The Morgan fingerprint density at radius 1 is 0.541 bits per heavy atom. The van der Waals surface area contributed by atoms with Crippen LogP contribution in [0.15, 0.2) is 18.2 Å². The lowest BCUT2D eigenvalue weighted by molar-refractivity contribution is 0.234.